The predicted octanol–water partition coefficient (Wildman–Crippen LogP) is 4.23. The molecule has 2 aromatic carbocycles. The van der Waals surface area contributed by atoms with E-state index in [0.717, 1.165) is 24.8 Å². The Morgan fingerprint density at radius 2 is 2.12 bits per heavy atom. The Balaban J connectivity index is 1.59. The van der Waals surface area contributed by atoms with Gasteiger partial charge in [0, 0.05) is 11.1 Å². The molecule has 7 heteroatoms. The highest BCUT2D eigenvalue weighted by atomic mass is 16.5. The lowest BCUT2D eigenvalue weighted by Crippen LogP contribution is -2.12. The minimum Gasteiger partial charge on any atom is -0.490 e. The first kappa shape index (κ1) is 22.0. The molecule has 0 amide bonds. The van der Waals surface area contributed by atoms with Gasteiger partial charge in [-0.1, -0.05) is 23.4 Å². The molecule has 3 aromatic rings. The Labute approximate surface area is 187 Å². The lowest BCUT2D eigenvalue weighted by Gasteiger charge is -2.14. The van der Waals surface area contributed by atoms with E-state index < -0.39 is 6.10 Å². The van der Waals surface area contributed by atoms with Crippen molar-refractivity contribution in [3.8, 4) is 34.7 Å². The highest BCUT2D eigenvalue weighted by Crippen LogP contribution is 2.41. The molecule has 1 unspecified atom stereocenters. The molecule has 1 aromatic heterocycles. The van der Waals surface area contributed by atoms with E-state index in [0.29, 0.717) is 40.9 Å². The molecular formula is C25H27N3O4. The van der Waals surface area contributed by atoms with Gasteiger partial charge in [-0.15, -0.1) is 0 Å². The fraction of sp³-hybridized carbons (Fsp3) is 0.400. The molecule has 0 saturated carbocycles. The van der Waals surface area contributed by atoms with Crippen molar-refractivity contribution in [1.82, 2.24) is 10.1 Å². The number of nitriles is 1. The van der Waals surface area contributed by atoms with Gasteiger partial charge in [0.05, 0.1) is 24.4 Å². The van der Waals surface area contributed by atoms with Crippen molar-refractivity contribution in [1.29, 1.82) is 5.26 Å². The zero-order valence-corrected chi connectivity index (χ0v) is 18.3. The Kier molecular flexibility index (Phi) is 6.54. The normalized spacial score (nSPS) is 16.1. The van der Waals surface area contributed by atoms with Crippen molar-refractivity contribution >= 4 is 0 Å². The van der Waals surface area contributed by atoms with Crippen LogP contribution in [0.4, 0.5) is 0 Å². The van der Waals surface area contributed by atoms with E-state index >= 15 is 0 Å². The van der Waals surface area contributed by atoms with Crippen LogP contribution in [0.25, 0.3) is 22.8 Å². The number of ether oxygens (including phenoxy) is 1. The fourth-order valence-corrected chi connectivity index (χ4v) is 4.29. The van der Waals surface area contributed by atoms with Gasteiger partial charge in [0.15, 0.2) is 0 Å². The zero-order chi connectivity index (χ0) is 22.7. The van der Waals surface area contributed by atoms with Gasteiger partial charge < -0.3 is 19.5 Å². The molecule has 0 radical (unpaired) electrons. The first-order valence-electron chi connectivity index (χ1n) is 11.0. The molecule has 4 rings (SSSR count). The van der Waals surface area contributed by atoms with Crippen molar-refractivity contribution < 1.29 is 19.5 Å². The molecule has 1 aliphatic carbocycles. The van der Waals surface area contributed by atoms with Crippen molar-refractivity contribution in [2.45, 2.75) is 57.7 Å². The van der Waals surface area contributed by atoms with Gasteiger partial charge in [-0.25, -0.2) is 0 Å². The second-order valence-corrected chi connectivity index (χ2v) is 8.44. The van der Waals surface area contributed by atoms with E-state index in [4.69, 9.17) is 14.4 Å². The Morgan fingerprint density at radius 3 is 2.88 bits per heavy atom. The average molecular weight is 434 g/mol. The SMILES string of the molecule is CC(C)Oc1ccc(-c2nc(-c3cccc4c3CCC4CC[C@@H](O)CO)no2)cc1C#N. The zero-order valence-electron chi connectivity index (χ0n) is 18.3. The molecular weight excluding hydrogens is 406 g/mol. The number of hydrogen-bond acceptors (Lipinski definition) is 7. The number of rotatable bonds is 8. The molecule has 7 nitrogen and oxygen atoms in total. The summed E-state index contributed by atoms with van der Waals surface area (Å²) < 4.78 is 11.2. The molecule has 0 bridgehead atoms. The molecule has 2 atom stereocenters. The molecule has 2 N–H and O–H groups in total. The summed E-state index contributed by atoms with van der Waals surface area (Å²) in [6, 6.07) is 13.5. The van der Waals surface area contributed by atoms with Crippen LogP contribution in [0.2, 0.25) is 0 Å². The van der Waals surface area contributed by atoms with Crippen LogP contribution in [0, 0.1) is 11.3 Å². The number of aliphatic hydroxyl groups excluding tert-OH is 2. The van der Waals surface area contributed by atoms with E-state index in [2.05, 4.69) is 22.3 Å². The van der Waals surface area contributed by atoms with E-state index in [-0.39, 0.29) is 12.7 Å². The van der Waals surface area contributed by atoms with Gasteiger partial charge in [-0.3, -0.25) is 0 Å². The summed E-state index contributed by atoms with van der Waals surface area (Å²) in [5, 5.41) is 32.5. The third-order valence-electron chi connectivity index (χ3n) is 5.83. The topological polar surface area (TPSA) is 112 Å². The van der Waals surface area contributed by atoms with Gasteiger partial charge in [-0.05, 0) is 74.8 Å². The molecule has 1 heterocycles. The van der Waals surface area contributed by atoms with Crippen molar-refractivity contribution in [3.05, 3.63) is 53.1 Å². The maximum atomic E-state index is 9.70. The second kappa shape index (κ2) is 9.51. The number of nitrogens with zero attached hydrogens (tertiary/aromatic N) is 3. The molecule has 32 heavy (non-hydrogen) atoms. The number of hydrogen-bond donors (Lipinski definition) is 2. The first-order chi connectivity index (χ1) is 15.5. The summed E-state index contributed by atoms with van der Waals surface area (Å²) in [6.45, 7) is 3.62. The highest BCUT2D eigenvalue weighted by molar-refractivity contribution is 5.67. The van der Waals surface area contributed by atoms with Crippen LogP contribution >= 0.6 is 0 Å². The highest BCUT2D eigenvalue weighted by Gasteiger charge is 2.27. The first-order valence-corrected chi connectivity index (χ1v) is 11.0. The maximum absolute atomic E-state index is 9.70. The summed E-state index contributed by atoms with van der Waals surface area (Å²) in [7, 11) is 0. The number of aliphatic hydroxyl groups is 2. The largest absolute Gasteiger partial charge is 0.490 e. The third kappa shape index (κ3) is 4.52. The average Bonchev–Trinajstić information content (AvgIpc) is 3.44. The van der Waals surface area contributed by atoms with Crippen LogP contribution in [0.5, 0.6) is 5.75 Å². The second-order valence-electron chi connectivity index (χ2n) is 8.44. The molecule has 0 aliphatic heterocycles. The van der Waals surface area contributed by atoms with Gasteiger partial charge >= 0.3 is 0 Å². The standard InChI is InChI=1S/C25H27N3O4/c1-15(2)31-23-11-8-17(12-18(23)13-26)25-27-24(28-32-25)22-5-3-4-20-16(7-10-21(20)22)6-9-19(30)14-29/h3-5,8,11-12,15-16,19,29-30H,6-7,9-10,14H2,1-2H3/t16?,19-/m1/s1. The van der Waals surface area contributed by atoms with Crippen molar-refractivity contribution in [2.75, 3.05) is 6.61 Å². The smallest absolute Gasteiger partial charge is 0.258 e. The van der Waals surface area contributed by atoms with Crippen LogP contribution in [-0.2, 0) is 6.42 Å². The van der Waals surface area contributed by atoms with Crippen molar-refractivity contribution in [3.63, 3.8) is 0 Å². The van der Waals surface area contributed by atoms with Gasteiger partial charge in [-0.2, -0.15) is 10.2 Å². The summed E-state index contributed by atoms with van der Waals surface area (Å²) in [5.41, 5.74) is 4.50. The molecule has 0 spiro atoms. The molecule has 0 saturated heterocycles. The Hall–Kier alpha value is -3.21. The minimum atomic E-state index is -0.669. The molecule has 166 valence electrons. The van der Waals surface area contributed by atoms with Crippen LogP contribution in [0.3, 0.4) is 0 Å². The minimum absolute atomic E-state index is 0.0288. The summed E-state index contributed by atoms with van der Waals surface area (Å²) in [4.78, 5) is 4.61. The summed E-state index contributed by atoms with van der Waals surface area (Å²) in [5.74, 6) is 1.76. The van der Waals surface area contributed by atoms with Gasteiger partial charge in [0.2, 0.25) is 5.82 Å². The van der Waals surface area contributed by atoms with Crippen LogP contribution in [0.1, 0.15) is 55.7 Å². The number of benzene rings is 2. The van der Waals surface area contributed by atoms with Crippen LogP contribution in [-0.4, -0.2) is 39.2 Å². The monoisotopic (exact) mass is 433 g/mol. The lowest BCUT2D eigenvalue weighted by atomic mass is 9.93. The van der Waals surface area contributed by atoms with E-state index in [1.807, 2.05) is 32.0 Å². The van der Waals surface area contributed by atoms with Gasteiger partial charge in [0.25, 0.3) is 5.89 Å². The third-order valence-corrected chi connectivity index (χ3v) is 5.83. The fourth-order valence-electron chi connectivity index (χ4n) is 4.29. The predicted molar refractivity (Wildman–Crippen MR) is 119 cm³/mol. The van der Waals surface area contributed by atoms with Crippen LogP contribution in [0.15, 0.2) is 40.9 Å². The number of aromatic nitrogens is 2. The lowest BCUT2D eigenvalue weighted by molar-refractivity contribution is 0.0849. The molecule has 1 aliphatic rings. The van der Waals surface area contributed by atoms with Crippen molar-refractivity contribution in [2.24, 2.45) is 0 Å². The van der Waals surface area contributed by atoms with Gasteiger partial charge in [0.1, 0.15) is 11.8 Å². The van der Waals surface area contributed by atoms with Crippen LogP contribution < -0.4 is 4.74 Å². The number of fused-ring (bicyclic) bond motifs is 1. The summed E-state index contributed by atoms with van der Waals surface area (Å²) in [6.07, 6.45) is 2.62. The summed E-state index contributed by atoms with van der Waals surface area (Å²) >= 11 is 0. The Bertz CT molecular complexity index is 1130. The van der Waals surface area contributed by atoms with E-state index in [1.165, 1.54) is 11.1 Å². The Morgan fingerprint density at radius 1 is 1.28 bits per heavy atom. The van der Waals surface area contributed by atoms with E-state index in [9.17, 15) is 10.4 Å². The van der Waals surface area contributed by atoms with E-state index in [1.54, 1.807) is 12.1 Å². The molecule has 0 fully saturated rings. The quantitative estimate of drug-likeness (QED) is 0.547. The maximum Gasteiger partial charge on any atom is 0.258 e.